The number of methoxy groups -OCH3 is 1. The summed E-state index contributed by atoms with van der Waals surface area (Å²) >= 11 is 4.92. The zero-order valence-electron chi connectivity index (χ0n) is 18.3. The molecule has 1 atom stereocenters. The topological polar surface area (TPSA) is 102 Å². The van der Waals surface area contributed by atoms with Crippen LogP contribution in [0.25, 0.3) is 0 Å². The molecule has 190 valence electrons. The number of hydrogen-bond acceptors (Lipinski definition) is 5. The minimum atomic E-state index is -4.77. The molecule has 0 spiro atoms. The van der Waals surface area contributed by atoms with Crippen LogP contribution in [0.3, 0.4) is 0 Å². The van der Waals surface area contributed by atoms with E-state index in [2.05, 4.69) is 21.2 Å². The number of hydrogen-bond donors (Lipinski definition) is 2. The van der Waals surface area contributed by atoms with Crippen LogP contribution in [0.4, 0.5) is 18.9 Å². The lowest BCUT2D eigenvalue weighted by Crippen LogP contribution is -2.43. The van der Waals surface area contributed by atoms with Crippen LogP contribution in [0.5, 0.6) is 0 Å². The molecule has 0 fully saturated rings. The highest BCUT2D eigenvalue weighted by molar-refractivity contribution is 14.1. The number of amides is 1. The summed E-state index contributed by atoms with van der Waals surface area (Å²) in [6, 6.07) is 9.49. The van der Waals surface area contributed by atoms with Crippen molar-refractivity contribution >= 4 is 66.1 Å². The molecular weight excluding hydrogens is 680 g/mol. The van der Waals surface area contributed by atoms with Crippen molar-refractivity contribution in [1.82, 2.24) is 5.32 Å². The molecule has 0 aliphatic heterocycles. The number of sulfonamides is 1. The Hall–Kier alpha value is -2.65. The Morgan fingerprint density at radius 3 is 2.31 bits per heavy atom. The summed E-state index contributed by atoms with van der Waals surface area (Å²) in [5, 5.41) is 2.47. The summed E-state index contributed by atoms with van der Waals surface area (Å²) in [4.78, 5) is 24.2. The van der Waals surface area contributed by atoms with Crippen LogP contribution >= 0.6 is 38.5 Å². The van der Waals surface area contributed by atoms with E-state index < -0.39 is 50.3 Å². The molecule has 0 bridgehead atoms. The van der Waals surface area contributed by atoms with Gasteiger partial charge in [-0.2, -0.15) is 0 Å². The number of halogens is 5. The van der Waals surface area contributed by atoms with Gasteiger partial charge in [0, 0.05) is 9.99 Å². The Kier molecular flexibility index (Phi) is 9.00. The fourth-order valence-electron chi connectivity index (χ4n) is 3.21. The maximum atomic E-state index is 14.1. The van der Waals surface area contributed by atoms with Crippen molar-refractivity contribution in [3.8, 4) is 0 Å². The lowest BCUT2D eigenvalue weighted by Gasteiger charge is -2.19. The van der Waals surface area contributed by atoms with E-state index in [4.69, 9.17) is 4.74 Å². The van der Waals surface area contributed by atoms with Gasteiger partial charge < -0.3 is 10.1 Å². The van der Waals surface area contributed by atoms with Gasteiger partial charge >= 0.3 is 5.97 Å². The minimum absolute atomic E-state index is 0.0663. The van der Waals surface area contributed by atoms with Gasteiger partial charge in [-0.3, -0.25) is 9.52 Å². The van der Waals surface area contributed by atoms with Gasteiger partial charge in [0.05, 0.1) is 22.8 Å². The van der Waals surface area contributed by atoms with Crippen molar-refractivity contribution < 1.29 is 35.9 Å². The van der Waals surface area contributed by atoms with Crippen LogP contribution in [0.2, 0.25) is 0 Å². The predicted molar refractivity (Wildman–Crippen MR) is 137 cm³/mol. The number of carbonyl (C=O) groups excluding carboxylic acids is 2. The van der Waals surface area contributed by atoms with Gasteiger partial charge in [0.1, 0.15) is 23.5 Å². The van der Waals surface area contributed by atoms with Crippen molar-refractivity contribution in [3.63, 3.8) is 0 Å². The summed E-state index contributed by atoms with van der Waals surface area (Å²) in [5.74, 6) is -4.80. The number of nitrogens with one attached hydrogen (secondary N) is 2. The highest BCUT2D eigenvalue weighted by atomic mass is 127. The molecule has 0 aromatic heterocycles. The van der Waals surface area contributed by atoms with Crippen molar-refractivity contribution in [2.45, 2.75) is 17.4 Å². The molecule has 0 radical (unpaired) electrons. The fourth-order valence-corrected chi connectivity index (χ4v) is 5.34. The van der Waals surface area contributed by atoms with Gasteiger partial charge in [-0.25, -0.2) is 26.4 Å². The zero-order valence-corrected chi connectivity index (χ0v) is 22.9. The average Bonchev–Trinajstić information content (AvgIpc) is 2.80. The largest absolute Gasteiger partial charge is 0.467 e. The van der Waals surface area contributed by atoms with Crippen molar-refractivity contribution in [2.24, 2.45) is 0 Å². The highest BCUT2D eigenvalue weighted by Gasteiger charge is 2.28. The molecule has 1 unspecified atom stereocenters. The zero-order chi connectivity index (χ0) is 26.6. The first-order valence-corrected chi connectivity index (χ1v) is 13.4. The van der Waals surface area contributed by atoms with Crippen LogP contribution < -0.4 is 10.0 Å². The Labute approximate surface area is 226 Å². The Balaban J connectivity index is 1.93. The second kappa shape index (κ2) is 11.6. The van der Waals surface area contributed by atoms with Gasteiger partial charge in [-0.15, -0.1) is 0 Å². The van der Waals surface area contributed by atoms with E-state index in [1.54, 1.807) is 0 Å². The number of rotatable bonds is 8. The van der Waals surface area contributed by atoms with Crippen LogP contribution in [0.1, 0.15) is 15.9 Å². The third kappa shape index (κ3) is 6.56. The molecule has 2 N–H and O–H groups in total. The lowest BCUT2D eigenvalue weighted by molar-refractivity contribution is -0.142. The number of anilines is 1. The third-order valence-corrected chi connectivity index (χ3v) is 7.57. The fraction of sp³-hybridized carbons (Fsp3) is 0.130. The Morgan fingerprint density at radius 2 is 1.69 bits per heavy atom. The molecular formula is C23H17BrF3IN2O5S. The van der Waals surface area contributed by atoms with Gasteiger partial charge in [-0.05, 0) is 86.5 Å². The maximum absolute atomic E-state index is 14.1. The quantitative estimate of drug-likeness (QED) is 0.261. The van der Waals surface area contributed by atoms with E-state index in [0.29, 0.717) is 9.13 Å². The highest BCUT2D eigenvalue weighted by Crippen LogP contribution is 2.26. The number of ether oxygens (including phenoxy) is 1. The number of carbonyl (C=O) groups is 2. The SMILES string of the molecule is COC(=O)C(Cc1ccc(F)c(Br)c1)NC(=O)c1ccc(I)cc1NS(=O)(=O)c1c(F)cccc1F. The summed E-state index contributed by atoms with van der Waals surface area (Å²) in [5.41, 5.74) is 0.0117. The smallest absolute Gasteiger partial charge is 0.328 e. The minimum Gasteiger partial charge on any atom is -0.467 e. The molecule has 3 aromatic rings. The summed E-state index contributed by atoms with van der Waals surface area (Å²) < 4.78 is 74.8. The second-order valence-electron chi connectivity index (χ2n) is 7.35. The molecule has 0 aliphatic carbocycles. The van der Waals surface area contributed by atoms with Crippen molar-refractivity contribution in [2.75, 3.05) is 11.8 Å². The van der Waals surface area contributed by atoms with Crippen LogP contribution in [-0.2, 0) is 26.0 Å². The van der Waals surface area contributed by atoms with E-state index in [9.17, 15) is 31.2 Å². The van der Waals surface area contributed by atoms with Crippen LogP contribution in [0, 0.1) is 21.0 Å². The number of esters is 1. The van der Waals surface area contributed by atoms with Crippen molar-refractivity contribution in [1.29, 1.82) is 0 Å². The third-order valence-electron chi connectivity index (χ3n) is 4.87. The summed E-state index contributed by atoms with van der Waals surface area (Å²) in [7, 11) is -3.65. The van der Waals surface area contributed by atoms with Gasteiger partial charge in [-0.1, -0.05) is 12.1 Å². The average molecular weight is 697 g/mol. The second-order valence-corrected chi connectivity index (χ2v) is 11.1. The van der Waals surface area contributed by atoms with E-state index in [1.165, 1.54) is 36.4 Å². The predicted octanol–water partition coefficient (Wildman–Crippen LogP) is 4.79. The van der Waals surface area contributed by atoms with E-state index in [-0.39, 0.29) is 22.1 Å². The molecule has 3 rings (SSSR count). The standard InChI is InChI=1S/C23H17BrF3IN2O5S/c1-35-23(32)20(10-12-5-8-16(25)15(24)9-12)29-22(31)14-7-6-13(28)11-19(14)30-36(33,34)21-17(26)3-2-4-18(21)27/h2-9,11,20,30H,10H2,1H3,(H,29,31). The van der Waals surface area contributed by atoms with Crippen LogP contribution in [0.15, 0.2) is 64.0 Å². The molecule has 0 heterocycles. The van der Waals surface area contributed by atoms with Crippen LogP contribution in [-0.4, -0.2) is 33.4 Å². The molecule has 0 saturated carbocycles. The van der Waals surface area contributed by atoms with E-state index >= 15 is 0 Å². The molecule has 1 amide bonds. The monoisotopic (exact) mass is 696 g/mol. The molecule has 7 nitrogen and oxygen atoms in total. The first-order valence-electron chi connectivity index (χ1n) is 10.0. The Morgan fingerprint density at radius 1 is 1.03 bits per heavy atom. The molecule has 13 heteroatoms. The molecule has 3 aromatic carbocycles. The van der Waals surface area contributed by atoms with E-state index in [1.807, 2.05) is 27.3 Å². The molecule has 36 heavy (non-hydrogen) atoms. The lowest BCUT2D eigenvalue weighted by atomic mass is 10.0. The van der Waals surface area contributed by atoms with Gasteiger partial charge in [0.15, 0.2) is 4.90 Å². The molecule has 0 aliphatic rings. The normalized spacial score (nSPS) is 12.1. The summed E-state index contributed by atoms with van der Waals surface area (Å²) in [6.45, 7) is 0. The summed E-state index contributed by atoms with van der Waals surface area (Å²) in [6.07, 6.45) is -0.0663. The number of benzene rings is 3. The molecule has 0 saturated heterocycles. The first-order chi connectivity index (χ1) is 16.9. The van der Waals surface area contributed by atoms with Gasteiger partial charge in [0.2, 0.25) is 0 Å². The maximum Gasteiger partial charge on any atom is 0.328 e. The van der Waals surface area contributed by atoms with E-state index in [0.717, 1.165) is 25.3 Å². The Bertz CT molecular complexity index is 1420. The van der Waals surface area contributed by atoms with Crippen molar-refractivity contribution in [3.05, 3.63) is 91.2 Å². The van der Waals surface area contributed by atoms with Gasteiger partial charge in [0.25, 0.3) is 15.9 Å². The first kappa shape index (κ1) is 27.9.